The first-order chi connectivity index (χ1) is 15.7. The van der Waals surface area contributed by atoms with Gasteiger partial charge in [0.2, 0.25) is 0 Å². The highest BCUT2D eigenvalue weighted by molar-refractivity contribution is 5.75. The zero-order valence-corrected chi connectivity index (χ0v) is 18.1. The van der Waals surface area contributed by atoms with E-state index in [2.05, 4.69) is 15.2 Å². The standard InChI is InChI=1S/C23H20F4N4O2/c1-4-32-12-20-29-30-22-21(23(25,26)27)17(7-8-31(20)22)15-5-6-19(18(24)11-15)33-16-9-13(2)28-14(3)10-16/h5-11H,4,12H2,1-3H3. The van der Waals surface area contributed by atoms with Crippen molar-refractivity contribution in [3.8, 4) is 22.6 Å². The third-order valence-corrected chi connectivity index (χ3v) is 4.89. The second-order valence-electron chi connectivity index (χ2n) is 7.38. The number of ether oxygens (including phenoxy) is 2. The van der Waals surface area contributed by atoms with Crippen LogP contribution in [0.1, 0.15) is 29.7 Å². The Kier molecular flexibility index (Phi) is 6.03. The highest BCUT2D eigenvalue weighted by Gasteiger charge is 2.38. The molecule has 33 heavy (non-hydrogen) atoms. The molecule has 3 aromatic heterocycles. The van der Waals surface area contributed by atoms with Gasteiger partial charge in [0.05, 0.1) is 0 Å². The minimum absolute atomic E-state index is 0.0168. The van der Waals surface area contributed by atoms with E-state index in [0.717, 1.165) is 6.07 Å². The first-order valence-corrected chi connectivity index (χ1v) is 10.1. The van der Waals surface area contributed by atoms with E-state index in [4.69, 9.17) is 9.47 Å². The summed E-state index contributed by atoms with van der Waals surface area (Å²) in [6.07, 6.45) is -3.33. The van der Waals surface area contributed by atoms with Crippen LogP contribution in [0, 0.1) is 19.7 Å². The van der Waals surface area contributed by atoms with Crippen LogP contribution in [-0.4, -0.2) is 26.2 Å². The summed E-state index contributed by atoms with van der Waals surface area (Å²) in [4.78, 5) is 4.23. The number of hydrogen-bond donors (Lipinski definition) is 0. The second kappa shape index (κ2) is 8.78. The van der Waals surface area contributed by atoms with Crippen LogP contribution >= 0.6 is 0 Å². The van der Waals surface area contributed by atoms with Crippen molar-refractivity contribution in [2.75, 3.05) is 6.61 Å². The molecule has 0 saturated carbocycles. The average molecular weight is 460 g/mol. The quantitative estimate of drug-likeness (QED) is 0.336. The molecule has 0 bridgehead atoms. The molecule has 0 aliphatic carbocycles. The molecule has 0 aliphatic rings. The second-order valence-corrected chi connectivity index (χ2v) is 7.38. The molecule has 10 heteroatoms. The highest BCUT2D eigenvalue weighted by Crippen LogP contribution is 2.40. The molecule has 6 nitrogen and oxygen atoms in total. The van der Waals surface area contributed by atoms with Gasteiger partial charge in [-0.25, -0.2) is 4.39 Å². The van der Waals surface area contributed by atoms with Crippen molar-refractivity contribution in [2.45, 2.75) is 33.6 Å². The van der Waals surface area contributed by atoms with Crippen molar-refractivity contribution in [1.82, 2.24) is 19.6 Å². The van der Waals surface area contributed by atoms with Gasteiger partial charge in [-0.3, -0.25) is 9.38 Å². The molecule has 4 aromatic rings. The molecule has 0 atom stereocenters. The molecule has 4 rings (SSSR count). The normalized spacial score (nSPS) is 11.8. The fourth-order valence-corrected chi connectivity index (χ4v) is 3.55. The van der Waals surface area contributed by atoms with Crippen LogP contribution in [0.15, 0.2) is 42.6 Å². The molecule has 1 aromatic carbocycles. The van der Waals surface area contributed by atoms with E-state index in [1.807, 2.05) is 0 Å². The van der Waals surface area contributed by atoms with Gasteiger partial charge < -0.3 is 9.47 Å². The molecule has 0 radical (unpaired) electrons. The van der Waals surface area contributed by atoms with Crippen molar-refractivity contribution in [3.05, 3.63) is 71.2 Å². The lowest BCUT2D eigenvalue weighted by Gasteiger charge is -2.15. The maximum atomic E-state index is 14.8. The monoisotopic (exact) mass is 460 g/mol. The summed E-state index contributed by atoms with van der Waals surface area (Å²) >= 11 is 0. The number of benzene rings is 1. The van der Waals surface area contributed by atoms with Gasteiger partial charge in [-0.05, 0) is 50.1 Å². The number of fused-ring (bicyclic) bond motifs is 1. The lowest BCUT2D eigenvalue weighted by atomic mass is 10.0. The number of aryl methyl sites for hydroxylation is 2. The average Bonchev–Trinajstić information content (AvgIpc) is 3.14. The Morgan fingerprint density at radius 2 is 1.73 bits per heavy atom. The first kappa shape index (κ1) is 22.7. The van der Waals surface area contributed by atoms with Crippen molar-refractivity contribution >= 4 is 5.65 Å². The Balaban J connectivity index is 1.76. The Morgan fingerprint density at radius 1 is 1.00 bits per heavy atom. The molecule has 3 heterocycles. The molecular formula is C23H20F4N4O2. The lowest BCUT2D eigenvalue weighted by Crippen LogP contribution is -2.11. The van der Waals surface area contributed by atoms with E-state index >= 15 is 0 Å². The fraction of sp³-hybridized carbons (Fsp3) is 0.261. The van der Waals surface area contributed by atoms with Crippen LogP contribution in [-0.2, 0) is 17.5 Å². The number of pyridine rings is 2. The summed E-state index contributed by atoms with van der Waals surface area (Å²) in [5, 5.41) is 7.55. The van der Waals surface area contributed by atoms with E-state index in [1.165, 1.54) is 28.8 Å². The Morgan fingerprint density at radius 3 is 2.36 bits per heavy atom. The molecule has 0 unspecified atom stereocenters. The van der Waals surface area contributed by atoms with E-state index in [0.29, 0.717) is 23.7 Å². The van der Waals surface area contributed by atoms with Gasteiger partial charge in [-0.15, -0.1) is 10.2 Å². The maximum Gasteiger partial charge on any atom is 0.420 e. The zero-order chi connectivity index (χ0) is 23.8. The van der Waals surface area contributed by atoms with E-state index in [1.54, 1.807) is 32.9 Å². The van der Waals surface area contributed by atoms with Crippen molar-refractivity contribution in [3.63, 3.8) is 0 Å². The van der Waals surface area contributed by atoms with Crippen LogP contribution < -0.4 is 4.74 Å². The van der Waals surface area contributed by atoms with Gasteiger partial charge in [0, 0.05) is 36.3 Å². The Labute approximate surface area is 186 Å². The molecule has 0 aliphatic heterocycles. The third kappa shape index (κ3) is 4.65. The van der Waals surface area contributed by atoms with E-state index in [9.17, 15) is 17.6 Å². The molecule has 0 fully saturated rings. The topological polar surface area (TPSA) is 61.5 Å². The number of rotatable bonds is 6. The van der Waals surface area contributed by atoms with Crippen LogP contribution in [0.5, 0.6) is 11.5 Å². The van der Waals surface area contributed by atoms with Gasteiger partial charge in [0.25, 0.3) is 0 Å². The summed E-state index contributed by atoms with van der Waals surface area (Å²) in [6, 6.07) is 8.22. The van der Waals surface area contributed by atoms with Gasteiger partial charge in [-0.2, -0.15) is 13.2 Å². The summed E-state index contributed by atoms with van der Waals surface area (Å²) in [5.41, 5.74) is -0.172. The highest BCUT2D eigenvalue weighted by atomic mass is 19.4. The first-order valence-electron chi connectivity index (χ1n) is 10.1. The van der Waals surface area contributed by atoms with E-state index < -0.39 is 17.6 Å². The Hall–Kier alpha value is -3.53. The fourth-order valence-electron chi connectivity index (χ4n) is 3.55. The summed E-state index contributed by atoms with van der Waals surface area (Å²) in [5.74, 6) is -0.290. The minimum atomic E-state index is -4.74. The lowest BCUT2D eigenvalue weighted by molar-refractivity contribution is -0.136. The summed E-state index contributed by atoms with van der Waals surface area (Å²) in [7, 11) is 0. The summed E-state index contributed by atoms with van der Waals surface area (Å²) in [6.45, 7) is 5.71. The van der Waals surface area contributed by atoms with Crippen molar-refractivity contribution in [2.24, 2.45) is 0 Å². The molecule has 172 valence electrons. The Bertz CT molecular complexity index is 1300. The molecule has 0 amide bonds. The molecule has 0 spiro atoms. The zero-order valence-electron chi connectivity index (χ0n) is 18.1. The molecular weight excluding hydrogens is 440 g/mol. The van der Waals surface area contributed by atoms with Crippen molar-refractivity contribution in [1.29, 1.82) is 0 Å². The van der Waals surface area contributed by atoms with Crippen LogP contribution in [0.3, 0.4) is 0 Å². The summed E-state index contributed by atoms with van der Waals surface area (Å²) < 4.78 is 69.0. The predicted molar refractivity (Wildman–Crippen MR) is 112 cm³/mol. The number of halogens is 4. The molecule has 0 N–H and O–H groups in total. The predicted octanol–water partition coefficient (Wildman–Crippen LogP) is 5.89. The van der Waals surface area contributed by atoms with E-state index in [-0.39, 0.29) is 35.0 Å². The third-order valence-electron chi connectivity index (χ3n) is 4.89. The minimum Gasteiger partial charge on any atom is -0.454 e. The number of aromatic nitrogens is 4. The van der Waals surface area contributed by atoms with Crippen LogP contribution in [0.25, 0.3) is 16.8 Å². The smallest absolute Gasteiger partial charge is 0.420 e. The number of hydrogen-bond acceptors (Lipinski definition) is 5. The van der Waals surface area contributed by atoms with Gasteiger partial charge >= 0.3 is 6.18 Å². The number of nitrogens with zero attached hydrogens (tertiary/aromatic N) is 4. The molecule has 0 saturated heterocycles. The maximum absolute atomic E-state index is 14.8. The van der Waals surface area contributed by atoms with Gasteiger partial charge in [-0.1, -0.05) is 6.07 Å². The van der Waals surface area contributed by atoms with Crippen molar-refractivity contribution < 1.29 is 27.0 Å². The van der Waals surface area contributed by atoms with Gasteiger partial charge in [0.15, 0.2) is 23.0 Å². The van der Waals surface area contributed by atoms with Crippen LogP contribution in [0.4, 0.5) is 17.6 Å². The van der Waals surface area contributed by atoms with Crippen LogP contribution in [0.2, 0.25) is 0 Å². The number of alkyl halides is 3. The van der Waals surface area contributed by atoms with Gasteiger partial charge in [0.1, 0.15) is 17.9 Å². The largest absolute Gasteiger partial charge is 0.454 e. The SMILES string of the molecule is CCOCc1nnc2c(C(F)(F)F)c(-c3ccc(Oc4cc(C)nc(C)c4)c(F)c3)ccn12.